The van der Waals surface area contributed by atoms with E-state index in [9.17, 15) is 0 Å². The molecule has 0 aliphatic rings. The third-order valence-corrected chi connectivity index (χ3v) is 3.17. The number of aliphatic imine (C=N–C) groups is 1. The maximum Gasteiger partial charge on any atom is 0.191 e. The second kappa shape index (κ2) is 12.5. The monoisotopic (exact) mass is 421 g/mol. The molecule has 0 radical (unpaired) electrons. The van der Waals surface area contributed by atoms with Crippen LogP contribution in [0.4, 0.5) is 0 Å². The molecule has 5 nitrogen and oxygen atoms in total. The number of guanidine groups is 1. The minimum atomic E-state index is 0. The summed E-state index contributed by atoms with van der Waals surface area (Å²) in [6.45, 7) is 7.81. The Morgan fingerprint density at radius 2 is 1.95 bits per heavy atom. The summed E-state index contributed by atoms with van der Waals surface area (Å²) in [4.78, 5) is 6.46. The molecule has 0 aliphatic heterocycles. The van der Waals surface area contributed by atoms with E-state index in [-0.39, 0.29) is 24.0 Å². The molecule has 22 heavy (non-hydrogen) atoms. The van der Waals surface area contributed by atoms with E-state index in [0.717, 1.165) is 30.8 Å². The van der Waals surface area contributed by atoms with Gasteiger partial charge in [0.1, 0.15) is 5.75 Å². The van der Waals surface area contributed by atoms with E-state index in [1.807, 2.05) is 29.2 Å². The average Bonchev–Trinajstić information content (AvgIpc) is 2.51. The standard InChI is InChI=1S/C16H27N3O2.HI/c1-4-19(5-2)16(17)18-13-14-8-6-9-15(12-14)21-11-7-10-20-3;/h6,8-9,12H,4-5,7,10-11,13H2,1-3H3,(H2,17,18);1H. The van der Waals surface area contributed by atoms with E-state index in [0.29, 0.717) is 25.7 Å². The van der Waals surface area contributed by atoms with Crippen molar-refractivity contribution in [3.63, 3.8) is 0 Å². The van der Waals surface area contributed by atoms with Crippen LogP contribution in [0.3, 0.4) is 0 Å². The quantitative estimate of drug-likeness (QED) is 0.288. The Hall–Kier alpha value is -1.02. The van der Waals surface area contributed by atoms with Crippen molar-refractivity contribution < 1.29 is 9.47 Å². The van der Waals surface area contributed by atoms with Gasteiger partial charge in [0.2, 0.25) is 0 Å². The molecule has 0 atom stereocenters. The molecule has 1 rings (SSSR count). The van der Waals surface area contributed by atoms with Crippen molar-refractivity contribution >= 4 is 29.9 Å². The van der Waals surface area contributed by atoms with Crippen LogP contribution in [0, 0.1) is 0 Å². The highest BCUT2D eigenvalue weighted by Gasteiger charge is 2.02. The fraction of sp³-hybridized carbons (Fsp3) is 0.562. The largest absolute Gasteiger partial charge is 0.493 e. The molecule has 0 saturated heterocycles. The molecule has 0 amide bonds. The zero-order valence-corrected chi connectivity index (χ0v) is 16.1. The highest BCUT2D eigenvalue weighted by Crippen LogP contribution is 2.14. The van der Waals surface area contributed by atoms with Gasteiger partial charge in [-0.2, -0.15) is 0 Å². The highest BCUT2D eigenvalue weighted by atomic mass is 127. The lowest BCUT2D eigenvalue weighted by atomic mass is 10.2. The van der Waals surface area contributed by atoms with Crippen molar-refractivity contribution in [2.24, 2.45) is 10.7 Å². The second-order valence-electron chi connectivity index (χ2n) is 4.69. The zero-order chi connectivity index (χ0) is 15.5. The highest BCUT2D eigenvalue weighted by molar-refractivity contribution is 14.0. The van der Waals surface area contributed by atoms with Crippen LogP contribution in [0.2, 0.25) is 0 Å². The van der Waals surface area contributed by atoms with Crippen LogP contribution in [0.25, 0.3) is 0 Å². The van der Waals surface area contributed by atoms with Gasteiger partial charge in [0, 0.05) is 33.2 Å². The Kier molecular flexibility index (Phi) is 11.9. The van der Waals surface area contributed by atoms with E-state index in [1.54, 1.807) is 7.11 Å². The van der Waals surface area contributed by atoms with Crippen molar-refractivity contribution in [1.82, 2.24) is 4.90 Å². The zero-order valence-electron chi connectivity index (χ0n) is 13.7. The van der Waals surface area contributed by atoms with Crippen molar-refractivity contribution in [1.29, 1.82) is 0 Å². The number of methoxy groups -OCH3 is 1. The van der Waals surface area contributed by atoms with Crippen LogP contribution >= 0.6 is 24.0 Å². The maximum atomic E-state index is 5.97. The molecule has 0 saturated carbocycles. The topological polar surface area (TPSA) is 60.1 Å². The first-order chi connectivity index (χ1) is 10.2. The summed E-state index contributed by atoms with van der Waals surface area (Å²) >= 11 is 0. The number of ether oxygens (including phenoxy) is 2. The third-order valence-electron chi connectivity index (χ3n) is 3.17. The van der Waals surface area contributed by atoms with Crippen molar-refractivity contribution in [3.8, 4) is 5.75 Å². The molecule has 0 fully saturated rings. The normalized spacial score (nSPS) is 11.0. The van der Waals surface area contributed by atoms with E-state index in [1.165, 1.54) is 0 Å². The lowest BCUT2D eigenvalue weighted by molar-refractivity contribution is 0.172. The van der Waals surface area contributed by atoms with E-state index in [4.69, 9.17) is 15.2 Å². The molecule has 1 aromatic carbocycles. The van der Waals surface area contributed by atoms with Crippen LogP contribution in [-0.2, 0) is 11.3 Å². The molecule has 0 spiro atoms. The Bertz CT molecular complexity index is 437. The number of nitrogens with two attached hydrogens (primary N) is 1. The Morgan fingerprint density at radius 3 is 2.59 bits per heavy atom. The predicted octanol–water partition coefficient (Wildman–Crippen LogP) is 2.88. The first-order valence-electron chi connectivity index (χ1n) is 7.46. The Labute approximate surface area is 150 Å². The molecule has 0 heterocycles. The summed E-state index contributed by atoms with van der Waals surface area (Å²) in [5.74, 6) is 1.45. The molecule has 0 unspecified atom stereocenters. The van der Waals surface area contributed by atoms with Crippen molar-refractivity contribution in [2.75, 3.05) is 33.4 Å². The van der Waals surface area contributed by atoms with Gasteiger partial charge in [0.15, 0.2) is 5.96 Å². The molecule has 0 aromatic heterocycles. The SMILES string of the molecule is CCN(CC)C(N)=NCc1cccc(OCCCOC)c1.I. The summed E-state index contributed by atoms with van der Waals surface area (Å²) < 4.78 is 10.7. The van der Waals surface area contributed by atoms with Crippen molar-refractivity contribution in [3.05, 3.63) is 29.8 Å². The minimum Gasteiger partial charge on any atom is -0.493 e. The molecular formula is C16H28IN3O2. The van der Waals surface area contributed by atoms with Gasteiger partial charge in [-0.25, -0.2) is 4.99 Å². The van der Waals surface area contributed by atoms with Gasteiger partial charge in [-0.15, -0.1) is 24.0 Å². The van der Waals surface area contributed by atoms with E-state index in [2.05, 4.69) is 18.8 Å². The van der Waals surface area contributed by atoms with Gasteiger partial charge in [0.25, 0.3) is 0 Å². The molecule has 2 N–H and O–H groups in total. The number of nitrogens with zero attached hydrogens (tertiary/aromatic N) is 2. The first kappa shape index (κ1) is 21.0. The summed E-state index contributed by atoms with van der Waals surface area (Å²) in [5, 5.41) is 0. The summed E-state index contributed by atoms with van der Waals surface area (Å²) in [7, 11) is 1.69. The third kappa shape index (κ3) is 7.84. The van der Waals surface area contributed by atoms with Crippen LogP contribution in [0.15, 0.2) is 29.3 Å². The number of hydrogen-bond acceptors (Lipinski definition) is 3. The minimum absolute atomic E-state index is 0. The molecular weight excluding hydrogens is 393 g/mol. The summed E-state index contributed by atoms with van der Waals surface area (Å²) in [5.41, 5.74) is 7.06. The molecule has 126 valence electrons. The maximum absolute atomic E-state index is 5.97. The van der Waals surface area contributed by atoms with Gasteiger partial charge in [-0.3, -0.25) is 0 Å². The van der Waals surface area contributed by atoms with Gasteiger partial charge in [0.05, 0.1) is 13.2 Å². The van der Waals surface area contributed by atoms with Crippen LogP contribution < -0.4 is 10.5 Å². The molecule has 1 aromatic rings. The fourth-order valence-electron chi connectivity index (χ4n) is 1.95. The Balaban J connectivity index is 0.00000441. The molecule has 0 aliphatic carbocycles. The van der Waals surface area contributed by atoms with E-state index < -0.39 is 0 Å². The van der Waals surface area contributed by atoms with Gasteiger partial charge >= 0.3 is 0 Å². The lowest BCUT2D eigenvalue weighted by Crippen LogP contribution is -2.37. The van der Waals surface area contributed by atoms with Crippen LogP contribution in [0.5, 0.6) is 5.75 Å². The summed E-state index contributed by atoms with van der Waals surface area (Å²) in [6, 6.07) is 7.96. The van der Waals surface area contributed by atoms with Gasteiger partial charge in [-0.1, -0.05) is 12.1 Å². The van der Waals surface area contributed by atoms with Gasteiger partial charge < -0.3 is 20.1 Å². The van der Waals surface area contributed by atoms with Gasteiger partial charge in [-0.05, 0) is 31.5 Å². The summed E-state index contributed by atoms with van der Waals surface area (Å²) in [6.07, 6.45) is 0.883. The fourth-order valence-corrected chi connectivity index (χ4v) is 1.95. The van der Waals surface area contributed by atoms with Crippen LogP contribution in [0.1, 0.15) is 25.8 Å². The number of hydrogen-bond donors (Lipinski definition) is 1. The number of rotatable bonds is 9. The lowest BCUT2D eigenvalue weighted by Gasteiger charge is -2.19. The molecule has 6 heteroatoms. The first-order valence-corrected chi connectivity index (χ1v) is 7.46. The van der Waals surface area contributed by atoms with Crippen LogP contribution in [-0.4, -0.2) is 44.3 Å². The second-order valence-corrected chi connectivity index (χ2v) is 4.69. The number of halogens is 1. The molecule has 0 bridgehead atoms. The van der Waals surface area contributed by atoms with E-state index >= 15 is 0 Å². The van der Waals surface area contributed by atoms with Crippen molar-refractivity contribution in [2.45, 2.75) is 26.8 Å². The average molecular weight is 421 g/mol. The predicted molar refractivity (Wildman–Crippen MR) is 102 cm³/mol. The Morgan fingerprint density at radius 1 is 1.23 bits per heavy atom. The number of benzene rings is 1. The smallest absolute Gasteiger partial charge is 0.191 e.